The molecule has 1 aliphatic heterocycles. The number of benzene rings is 1. The van der Waals surface area contributed by atoms with Crippen LogP contribution in [0.15, 0.2) is 18.2 Å². The minimum Gasteiger partial charge on any atom is -0.467 e. The fourth-order valence-electron chi connectivity index (χ4n) is 1.63. The molecule has 4 heteroatoms. The molecule has 1 aromatic rings. The maximum Gasteiger partial charge on any atom is 0.328 e. The first-order valence-corrected chi connectivity index (χ1v) is 4.34. The Bertz CT molecular complexity index is 378. The zero-order valence-corrected chi connectivity index (χ0v) is 7.71. The Morgan fingerprint density at radius 1 is 1.64 bits per heavy atom. The molecule has 3 nitrogen and oxygen atoms in total. The number of fused-ring (bicyclic) bond motifs is 1. The highest BCUT2D eigenvalue weighted by atomic mass is 19.1. The molecule has 0 saturated heterocycles. The number of anilines is 1. The van der Waals surface area contributed by atoms with Crippen LogP contribution in [0.5, 0.6) is 0 Å². The Balaban J connectivity index is 2.26. The molecule has 0 radical (unpaired) electrons. The minimum atomic E-state index is -0.452. The first kappa shape index (κ1) is 8.99. The minimum absolute atomic E-state index is 0.325. The number of ether oxygens (including phenoxy) is 1. The van der Waals surface area contributed by atoms with E-state index in [0.717, 1.165) is 5.56 Å². The average Bonchev–Trinajstić information content (AvgIpc) is 2.62. The first-order valence-electron chi connectivity index (χ1n) is 4.34. The molecule has 1 heterocycles. The van der Waals surface area contributed by atoms with Crippen molar-refractivity contribution < 1.29 is 13.9 Å². The Hall–Kier alpha value is -1.58. The second-order valence-electron chi connectivity index (χ2n) is 3.20. The number of nitrogens with one attached hydrogen (secondary N) is 1. The lowest BCUT2D eigenvalue weighted by Gasteiger charge is -2.07. The van der Waals surface area contributed by atoms with Crippen molar-refractivity contribution >= 4 is 11.7 Å². The number of carbonyl (C=O) groups excluding carboxylic acids is 1. The van der Waals surface area contributed by atoms with Crippen molar-refractivity contribution in [3.63, 3.8) is 0 Å². The zero-order valence-electron chi connectivity index (χ0n) is 7.71. The van der Waals surface area contributed by atoms with Crippen LogP contribution < -0.4 is 5.32 Å². The van der Waals surface area contributed by atoms with E-state index in [1.807, 2.05) is 0 Å². The SMILES string of the molecule is COC(=O)[C@@H]1Cc2cccc(F)c2N1. The summed E-state index contributed by atoms with van der Waals surface area (Å²) in [6.45, 7) is 0. The van der Waals surface area contributed by atoms with E-state index in [9.17, 15) is 9.18 Å². The van der Waals surface area contributed by atoms with Crippen molar-refractivity contribution in [1.29, 1.82) is 0 Å². The number of methoxy groups -OCH3 is 1. The van der Waals surface area contributed by atoms with E-state index in [1.54, 1.807) is 12.1 Å². The van der Waals surface area contributed by atoms with Crippen LogP contribution in [0.25, 0.3) is 0 Å². The maximum absolute atomic E-state index is 13.2. The van der Waals surface area contributed by atoms with E-state index in [2.05, 4.69) is 10.1 Å². The summed E-state index contributed by atoms with van der Waals surface area (Å²) in [5, 5.41) is 2.80. The molecule has 0 aliphatic carbocycles. The lowest BCUT2D eigenvalue weighted by atomic mass is 10.1. The lowest BCUT2D eigenvalue weighted by molar-refractivity contribution is -0.141. The summed E-state index contributed by atoms with van der Waals surface area (Å²) in [5.74, 6) is -0.686. The molecule has 1 N–H and O–H groups in total. The van der Waals surface area contributed by atoms with E-state index in [-0.39, 0.29) is 11.8 Å². The van der Waals surface area contributed by atoms with Crippen LogP contribution in [0, 0.1) is 5.82 Å². The summed E-state index contributed by atoms with van der Waals surface area (Å²) >= 11 is 0. The first-order chi connectivity index (χ1) is 6.72. The van der Waals surface area contributed by atoms with E-state index in [0.29, 0.717) is 12.1 Å². The van der Waals surface area contributed by atoms with Gasteiger partial charge in [-0.1, -0.05) is 12.1 Å². The number of halogens is 1. The molecule has 0 unspecified atom stereocenters. The normalized spacial score (nSPS) is 18.6. The van der Waals surface area contributed by atoms with Crippen molar-refractivity contribution in [3.05, 3.63) is 29.6 Å². The summed E-state index contributed by atoms with van der Waals surface area (Å²) in [6.07, 6.45) is 0.486. The predicted molar refractivity (Wildman–Crippen MR) is 49.5 cm³/mol. The van der Waals surface area contributed by atoms with E-state index in [1.165, 1.54) is 13.2 Å². The Morgan fingerprint density at radius 2 is 2.43 bits per heavy atom. The van der Waals surface area contributed by atoms with Gasteiger partial charge in [-0.3, -0.25) is 0 Å². The highest BCUT2D eigenvalue weighted by Gasteiger charge is 2.28. The molecule has 0 amide bonds. The van der Waals surface area contributed by atoms with E-state index < -0.39 is 6.04 Å². The summed E-state index contributed by atoms with van der Waals surface area (Å²) < 4.78 is 17.8. The maximum atomic E-state index is 13.2. The number of esters is 1. The molecular formula is C10H10FNO2. The highest BCUT2D eigenvalue weighted by Crippen LogP contribution is 2.28. The predicted octanol–water partition coefficient (Wildman–Crippen LogP) is 1.34. The second-order valence-corrected chi connectivity index (χ2v) is 3.20. The zero-order chi connectivity index (χ0) is 10.1. The van der Waals surface area contributed by atoms with Crippen molar-refractivity contribution in [2.45, 2.75) is 12.5 Å². The monoisotopic (exact) mass is 195 g/mol. The van der Waals surface area contributed by atoms with Crippen LogP contribution in [0.3, 0.4) is 0 Å². The molecule has 74 valence electrons. The molecular weight excluding hydrogens is 185 g/mol. The fourth-order valence-corrected chi connectivity index (χ4v) is 1.63. The summed E-state index contributed by atoms with van der Waals surface area (Å²) in [5.41, 5.74) is 1.24. The topological polar surface area (TPSA) is 38.3 Å². The molecule has 0 fully saturated rings. The summed E-state index contributed by atoms with van der Waals surface area (Å²) in [6, 6.07) is 4.35. The number of hydrogen-bond acceptors (Lipinski definition) is 3. The van der Waals surface area contributed by atoms with Gasteiger partial charge in [0, 0.05) is 6.42 Å². The number of carbonyl (C=O) groups is 1. The third-order valence-corrected chi connectivity index (χ3v) is 2.33. The molecule has 1 aromatic carbocycles. The van der Waals surface area contributed by atoms with Gasteiger partial charge in [-0.15, -0.1) is 0 Å². The number of rotatable bonds is 1. The second kappa shape index (κ2) is 3.29. The van der Waals surface area contributed by atoms with Gasteiger partial charge in [0.05, 0.1) is 12.8 Å². The van der Waals surface area contributed by atoms with Crippen LogP contribution >= 0.6 is 0 Å². The van der Waals surface area contributed by atoms with Crippen LogP contribution in [-0.2, 0) is 16.0 Å². The third kappa shape index (κ3) is 1.32. The van der Waals surface area contributed by atoms with Gasteiger partial charge in [0.1, 0.15) is 11.9 Å². The van der Waals surface area contributed by atoms with Gasteiger partial charge in [-0.2, -0.15) is 0 Å². The average molecular weight is 195 g/mol. The molecule has 14 heavy (non-hydrogen) atoms. The van der Waals surface area contributed by atoms with Crippen LogP contribution in [0.2, 0.25) is 0 Å². The molecule has 0 bridgehead atoms. The third-order valence-electron chi connectivity index (χ3n) is 2.33. The Morgan fingerprint density at radius 3 is 3.07 bits per heavy atom. The van der Waals surface area contributed by atoms with Gasteiger partial charge in [0.15, 0.2) is 0 Å². The number of hydrogen-bond donors (Lipinski definition) is 1. The van der Waals surface area contributed by atoms with Gasteiger partial charge in [-0.25, -0.2) is 9.18 Å². The molecule has 1 aliphatic rings. The Labute approximate surface area is 80.9 Å². The van der Waals surface area contributed by atoms with Crippen molar-refractivity contribution in [2.24, 2.45) is 0 Å². The standard InChI is InChI=1S/C10H10FNO2/c1-14-10(13)8-5-6-3-2-4-7(11)9(6)12-8/h2-4,8,12H,5H2,1H3/t8-/m0/s1. The fraction of sp³-hybridized carbons (Fsp3) is 0.300. The van der Waals surface area contributed by atoms with Crippen molar-refractivity contribution in [1.82, 2.24) is 0 Å². The largest absolute Gasteiger partial charge is 0.467 e. The van der Waals surface area contributed by atoms with E-state index >= 15 is 0 Å². The molecule has 1 atom stereocenters. The molecule has 0 spiro atoms. The van der Waals surface area contributed by atoms with Gasteiger partial charge < -0.3 is 10.1 Å². The summed E-state index contributed by atoms with van der Waals surface area (Å²) in [4.78, 5) is 11.2. The molecule has 0 aromatic heterocycles. The summed E-state index contributed by atoms with van der Waals surface area (Å²) in [7, 11) is 1.32. The van der Waals surface area contributed by atoms with Crippen molar-refractivity contribution in [3.8, 4) is 0 Å². The van der Waals surface area contributed by atoms with Gasteiger partial charge in [0.25, 0.3) is 0 Å². The Kier molecular flexibility index (Phi) is 2.11. The van der Waals surface area contributed by atoms with Gasteiger partial charge >= 0.3 is 5.97 Å². The highest BCUT2D eigenvalue weighted by molar-refractivity contribution is 5.82. The lowest BCUT2D eigenvalue weighted by Crippen LogP contribution is -2.28. The van der Waals surface area contributed by atoms with E-state index in [4.69, 9.17) is 0 Å². The number of para-hydroxylation sites is 1. The molecule has 2 rings (SSSR count). The van der Waals surface area contributed by atoms with Crippen LogP contribution in [-0.4, -0.2) is 19.1 Å². The van der Waals surface area contributed by atoms with Gasteiger partial charge in [-0.05, 0) is 11.6 Å². The smallest absolute Gasteiger partial charge is 0.328 e. The van der Waals surface area contributed by atoms with Crippen molar-refractivity contribution in [2.75, 3.05) is 12.4 Å². The molecule has 0 saturated carbocycles. The van der Waals surface area contributed by atoms with Crippen LogP contribution in [0.1, 0.15) is 5.56 Å². The van der Waals surface area contributed by atoms with Crippen LogP contribution in [0.4, 0.5) is 10.1 Å². The quantitative estimate of drug-likeness (QED) is 0.687. The van der Waals surface area contributed by atoms with Gasteiger partial charge in [0.2, 0.25) is 0 Å².